The van der Waals surface area contributed by atoms with Crippen LogP contribution in [0.4, 0.5) is 0 Å². The molecule has 112 valence electrons. The first-order valence-corrected chi connectivity index (χ1v) is 7.73. The molecule has 0 bridgehead atoms. The molecule has 0 saturated heterocycles. The lowest BCUT2D eigenvalue weighted by Crippen LogP contribution is -2.17. The van der Waals surface area contributed by atoms with Gasteiger partial charge in [0.05, 0.1) is 0 Å². The molecule has 0 fully saturated rings. The van der Waals surface area contributed by atoms with Gasteiger partial charge >= 0.3 is 0 Å². The predicted octanol–water partition coefficient (Wildman–Crippen LogP) is 4.29. The third kappa shape index (κ3) is 4.40. The lowest BCUT2D eigenvalue weighted by atomic mass is 9.90. The second-order valence-corrected chi connectivity index (χ2v) is 6.22. The van der Waals surface area contributed by atoms with Crippen LogP contribution in [0.2, 0.25) is 0 Å². The Balaban J connectivity index is 2.26. The summed E-state index contributed by atoms with van der Waals surface area (Å²) in [5.74, 6) is 0.948. The van der Waals surface area contributed by atoms with Crippen molar-refractivity contribution in [3.05, 3.63) is 65.5 Å². The van der Waals surface area contributed by atoms with Gasteiger partial charge in [-0.1, -0.05) is 44.2 Å². The van der Waals surface area contributed by atoms with Crippen LogP contribution in [0, 0.1) is 0 Å². The highest BCUT2D eigenvalue weighted by molar-refractivity contribution is 5.32. The predicted molar refractivity (Wildman–Crippen MR) is 89.8 cm³/mol. The number of rotatable bonds is 6. The molecule has 0 saturated carbocycles. The van der Waals surface area contributed by atoms with Crippen LogP contribution < -0.4 is 0 Å². The molecule has 0 N–H and O–H groups in total. The first-order chi connectivity index (χ1) is 10.1. The molecule has 2 aromatic rings. The average Bonchev–Trinajstić information content (AvgIpc) is 2.49. The second-order valence-electron chi connectivity index (χ2n) is 6.22. The molecule has 0 spiro atoms. The maximum atomic E-state index is 4.57. The molecule has 2 rings (SSSR count). The van der Waals surface area contributed by atoms with Crippen LogP contribution in [0.25, 0.3) is 0 Å². The molecule has 2 heteroatoms. The fraction of sp³-hybridized carbons (Fsp3) is 0.421. The van der Waals surface area contributed by atoms with E-state index >= 15 is 0 Å². The standard InChI is InChI=1S/C19H26N2/c1-15(2)16-8-10-17(11-9-16)18(12-14-21(3)4)19-7-5-6-13-20-19/h5-11,13,15,18H,12,14H2,1-4H3. The first-order valence-electron chi connectivity index (χ1n) is 7.73. The summed E-state index contributed by atoms with van der Waals surface area (Å²) < 4.78 is 0. The molecular formula is C19H26N2. The third-order valence-electron chi connectivity index (χ3n) is 3.92. The summed E-state index contributed by atoms with van der Waals surface area (Å²) >= 11 is 0. The van der Waals surface area contributed by atoms with Gasteiger partial charge in [-0.3, -0.25) is 4.98 Å². The van der Waals surface area contributed by atoms with E-state index < -0.39 is 0 Å². The van der Waals surface area contributed by atoms with Crippen molar-refractivity contribution in [2.24, 2.45) is 0 Å². The molecule has 0 aliphatic heterocycles. The van der Waals surface area contributed by atoms with Crippen molar-refractivity contribution in [3.63, 3.8) is 0 Å². The molecule has 1 aromatic carbocycles. The normalized spacial score (nSPS) is 12.9. The van der Waals surface area contributed by atoms with Gasteiger partial charge in [0, 0.05) is 17.8 Å². The Hall–Kier alpha value is -1.67. The summed E-state index contributed by atoms with van der Waals surface area (Å²) in [7, 11) is 4.24. The SMILES string of the molecule is CC(C)c1ccc(C(CCN(C)C)c2ccccn2)cc1. The number of hydrogen-bond donors (Lipinski definition) is 0. The summed E-state index contributed by atoms with van der Waals surface area (Å²) in [6.45, 7) is 5.53. The molecule has 2 nitrogen and oxygen atoms in total. The Morgan fingerprint density at radius 1 is 0.952 bits per heavy atom. The summed E-state index contributed by atoms with van der Waals surface area (Å²) in [5.41, 5.74) is 3.92. The third-order valence-corrected chi connectivity index (χ3v) is 3.92. The van der Waals surface area contributed by atoms with Crippen molar-refractivity contribution in [3.8, 4) is 0 Å². The van der Waals surface area contributed by atoms with Crippen LogP contribution in [-0.2, 0) is 0 Å². The van der Waals surface area contributed by atoms with Crippen molar-refractivity contribution in [2.75, 3.05) is 20.6 Å². The van der Waals surface area contributed by atoms with Crippen LogP contribution in [0.3, 0.4) is 0 Å². The fourth-order valence-electron chi connectivity index (χ4n) is 2.57. The highest BCUT2D eigenvalue weighted by Gasteiger charge is 2.15. The van der Waals surface area contributed by atoms with Crippen molar-refractivity contribution in [1.29, 1.82) is 0 Å². The molecule has 21 heavy (non-hydrogen) atoms. The van der Waals surface area contributed by atoms with E-state index in [0.717, 1.165) is 18.7 Å². The van der Waals surface area contributed by atoms with E-state index in [1.54, 1.807) is 0 Å². The minimum absolute atomic E-state index is 0.370. The summed E-state index contributed by atoms with van der Waals surface area (Å²) in [4.78, 5) is 6.81. The van der Waals surface area contributed by atoms with Crippen molar-refractivity contribution in [1.82, 2.24) is 9.88 Å². The Morgan fingerprint density at radius 2 is 1.62 bits per heavy atom. The summed E-state index contributed by atoms with van der Waals surface area (Å²) in [6, 6.07) is 15.2. The molecule has 1 heterocycles. The largest absolute Gasteiger partial charge is 0.309 e. The number of nitrogens with zero attached hydrogens (tertiary/aromatic N) is 2. The van der Waals surface area contributed by atoms with Gasteiger partial charge in [-0.25, -0.2) is 0 Å². The average molecular weight is 282 g/mol. The zero-order valence-corrected chi connectivity index (χ0v) is 13.6. The van der Waals surface area contributed by atoms with Crippen molar-refractivity contribution < 1.29 is 0 Å². The summed E-state index contributed by atoms with van der Waals surface area (Å²) in [6.07, 6.45) is 2.98. The first kappa shape index (κ1) is 15.7. The van der Waals surface area contributed by atoms with E-state index in [4.69, 9.17) is 0 Å². The van der Waals surface area contributed by atoms with Gasteiger partial charge in [-0.15, -0.1) is 0 Å². The van der Waals surface area contributed by atoms with E-state index in [0.29, 0.717) is 11.8 Å². The van der Waals surface area contributed by atoms with Gasteiger partial charge in [0.1, 0.15) is 0 Å². The number of pyridine rings is 1. The molecule has 0 aliphatic carbocycles. The van der Waals surface area contributed by atoms with Crippen LogP contribution in [0.1, 0.15) is 48.9 Å². The molecule has 0 amide bonds. The zero-order chi connectivity index (χ0) is 15.2. The molecule has 1 unspecified atom stereocenters. The molecule has 1 atom stereocenters. The maximum absolute atomic E-state index is 4.57. The van der Waals surface area contributed by atoms with Gasteiger partial charge in [0.25, 0.3) is 0 Å². The minimum Gasteiger partial charge on any atom is -0.309 e. The maximum Gasteiger partial charge on any atom is 0.0478 e. The van der Waals surface area contributed by atoms with E-state index in [2.05, 4.69) is 74.2 Å². The number of benzene rings is 1. The number of aromatic nitrogens is 1. The molecular weight excluding hydrogens is 256 g/mol. The van der Waals surface area contributed by atoms with Gasteiger partial charge in [-0.05, 0) is 56.2 Å². The van der Waals surface area contributed by atoms with Crippen LogP contribution in [-0.4, -0.2) is 30.5 Å². The highest BCUT2D eigenvalue weighted by Crippen LogP contribution is 2.28. The molecule has 1 aromatic heterocycles. The Morgan fingerprint density at radius 3 is 2.14 bits per heavy atom. The van der Waals surface area contributed by atoms with Crippen LogP contribution in [0.5, 0.6) is 0 Å². The van der Waals surface area contributed by atoms with E-state index in [1.165, 1.54) is 11.1 Å². The summed E-state index contributed by atoms with van der Waals surface area (Å²) in [5, 5.41) is 0. The van der Waals surface area contributed by atoms with Gasteiger partial charge in [0.15, 0.2) is 0 Å². The lowest BCUT2D eigenvalue weighted by Gasteiger charge is -2.20. The van der Waals surface area contributed by atoms with Gasteiger partial charge in [-0.2, -0.15) is 0 Å². The van der Waals surface area contributed by atoms with E-state index in [-0.39, 0.29) is 0 Å². The Bertz CT molecular complexity index is 529. The van der Waals surface area contributed by atoms with Crippen LogP contribution >= 0.6 is 0 Å². The Labute approximate surface area is 128 Å². The van der Waals surface area contributed by atoms with Gasteiger partial charge < -0.3 is 4.90 Å². The molecule has 0 aliphatic rings. The fourth-order valence-corrected chi connectivity index (χ4v) is 2.57. The lowest BCUT2D eigenvalue weighted by molar-refractivity contribution is 0.389. The quantitative estimate of drug-likeness (QED) is 0.786. The van der Waals surface area contributed by atoms with E-state index in [1.807, 2.05) is 12.3 Å². The topological polar surface area (TPSA) is 16.1 Å². The van der Waals surface area contributed by atoms with Crippen molar-refractivity contribution in [2.45, 2.75) is 32.1 Å². The second kappa shape index (κ2) is 7.37. The molecule has 0 radical (unpaired) electrons. The smallest absolute Gasteiger partial charge is 0.0478 e. The van der Waals surface area contributed by atoms with Crippen LogP contribution in [0.15, 0.2) is 48.7 Å². The van der Waals surface area contributed by atoms with Gasteiger partial charge in [0.2, 0.25) is 0 Å². The number of hydrogen-bond acceptors (Lipinski definition) is 2. The monoisotopic (exact) mass is 282 g/mol. The minimum atomic E-state index is 0.370. The Kier molecular flexibility index (Phi) is 5.51. The van der Waals surface area contributed by atoms with Crippen molar-refractivity contribution >= 4 is 0 Å². The van der Waals surface area contributed by atoms with E-state index in [9.17, 15) is 0 Å². The highest BCUT2D eigenvalue weighted by atomic mass is 15.0. The zero-order valence-electron chi connectivity index (χ0n) is 13.6.